The number of amides is 1. The third-order valence-corrected chi connectivity index (χ3v) is 9.29. The Morgan fingerprint density at radius 2 is 1.83 bits per heavy atom. The zero-order chi connectivity index (χ0) is 22.3. The maximum atomic E-state index is 13.2. The molecule has 0 saturated carbocycles. The third-order valence-electron chi connectivity index (χ3n) is 6.41. The lowest BCUT2D eigenvalue weighted by Crippen LogP contribution is -2.60. The van der Waals surface area contributed by atoms with E-state index in [4.69, 9.17) is 23.2 Å². The number of sulfonamides is 1. The van der Waals surface area contributed by atoms with Crippen LogP contribution in [0.4, 0.5) is 0 Å². The van der Waals surface area contributed by atoms with Crippen LogP contribution in [0, 0.1) is 11.8 Å². The molecule has 168 valence electrons. The second-order valence-corrected chi connectivity index (χ2v) is 11.5. The van der Waals surface area contributed by atoms with Gasteiger partial charge in [-0.15, -0.1) is 0 Å². The lowest BCUT2D eigenvalue weighted by atomic mass is 9.95. The average Bonchev–Trinajstić information content (AvgIpc) is 2.96. The van der Waals surface area contributed by atoms with Crippen molar-refractivity contribution in [1.29, 1.82) is 0 Å². The molecule has 0 aliphatic carbocycles. The standard InChI is InChI=1S/C21H31Cl2N3O3S/c1-5-15(4)13-26-20(27)19(14(2)3)24-21(26)9-11-25(12-10-21)30(28,29)17-8-6-7-16(22)18(17)23/h6-8,14-15,19,24H,5,9-13H2,1-4H3/t15-,19+/m0/s1. The Morgan fingerprint density at radius 3 is 2.40 bits per heavy atom. The first-order valence-electron chi connectivity index (χ1n) is 10.6. The van der Waals surface area contributed by atoms with Crippen LogP contribution in [0.3, 0.4) is 0 Å². The van der Waals surface area contributed by atoms with E-state index >= 15 is 0 Å². The number of hydrogen-bond acceptors (Lipinski definition) is 4. The molecule has 2 aliphatic rings. The van der Waals surface area contributed by atoms with Gasteiger partial charge >= 0.3 is 0 Å². The topological polar surface area (TPSA) is 69.7 Å². The highest BCUT2D eigenvalue weighted by molar-refractivity contribution is 7.89. The van der Waals surface area contributed by atoms with Gasteiger partial charge < -0.3 is 4.90 Å². The van der Waals surface area contributed by atoms with Gasteiger partial charge in [0.25, 0.3) is 0 Å². The van der Waals surface area contributed by atoms with Crippen molar-refractivity contribution in [3.8, 4) is 0 Å². The van der Waals surface area contributed by atoms with Crippen molar-refractivity contribution in [2.24, 2.45) is 11.8 Å². The second-order valence-electron chi connectivity index (χ2n) is 8.82. The zero-order valence-corrected chi connectivity index (χ0v) is 20.3. The Balaban J connectivity index is 1.84. The minimum Gasteiger partial charge on any atom is -0.323 e. The largest absolute Gasteiger partial charge is 0.323 e. The molecule has 0 aromatic heterocycles. The van der Waals surface area contributed by atoms with Gasteiger partial charge in [0.05, 0.1) is 21.7 Å². The van der Waals surface area contributed by atoms with E-state index in [9.17, 15) is 13.2 Å². The molecule has 0 unspecified atom stereocenters. The smallest absolute Gasteiger partial charge is 0.244 e. The van der Waals surface area contributed by atoms with Gasteiger partial charge in [0.15, 0.2) is 0 Å². The molecule has 2 heterocycles. The Bertz CT molecular complexity index is 899. The van der Waals surface area contributed by atoms with E-state index < -0.39 is 15.7 Å². The fourth-order valence-corrected chi connectivity index (χ4v) is 6.48. The molecule has 6 nitrogen and oxygen atoms in total. The van der Waals surface area contributed by atoms with Crippen molar-refractivity contribution >= 4 is 39.1 Å². The van der Waals surface area contributed by atoms with Gasteiger partial charge in [-0.05, 0) is 36.8 Å². The van der Waals surface area contributed by atoms with Crippen molar-refractivity contribution in [3.63, 3.8) is 0 Å². The fraction of sp³-hybridized carbons (Fsp3) is 0.667. The Hall–Kier alpha value is -0.860. The number of carbonyl (C=O) groups is 1. The van der Waals surface area contributed by atoms with Crippen LogP contribution in [-0.4, -0.2) is 54.9 Å². The second kappa shape index (κ2) is 8.94. The van der Waals surface area contributed by atoms with Crippen LogP contribution in [0.25, 0.3) is 0 Å². The summed E-state index contributed by atoms with van der Waals surface area (Å²) in [5, 5.41) is 3.84. The molecular formula is C21H31Cl2N3O3S. The van der Waals surface area contributed by atoms with Crippen LogP contribution >= 0.6 is 23.2 Å². The molecule has 1 aromatic rings. The van der Waals surface area contributed by atoms with Crippen molar-refractivity contribution < 1.29 is 13.2 Å². The lowest BCUT2D eigenvalue weighted by Gasteiger charge is -2.45. The highest BCUT2D eigenvalue weighted by atomic mass is 35.5. The van der Waals surface area contributed by atoms with Crippen molar-refractivity contribution in [2.75, 3.05) is 19.6 Å². The number of nitrogens with zero attached hydrogens (tertiary/aromatic N) is 2. The number of nitrogens with one attached hydrogen (secondary N) is 1. The highest BCUT2D eigenvalue weighted by Gasteiger charge is 2.53. The van der Waals surface area contributed by atoms with Crippen LogP contribution < -0.4 is 5.32 Å². The van der Waals surface area contributed by atoms with Gasteiger partial charge in [-0.2, -0.15) is 4.31 Å². The summed E-state index contributed by atoms with van der Waals surface area (Å²) >= 11 is 12.2. The molecule has 1 spiro atoms. The minimum absolute atomic E-state index is 0.0274. The molecular weight excluding hydrogens is 445 g/mol. The van der Waals surface area contributed by atoms with E-state index in [2.05, 4.69) is 19.2 Å². The zero-order valence-electron chi connectivity index (χ0n) is 18.0. The summed E-state index contributed by atoms with van der Waals surface area (Å²) in [7, 11) is -3.76. The molecule has 0 bridgehead atoms. The monoisotopic (exact) mass is 475 g/mol. The third kappa shape index (κ3) is 4.24. The molecule has 2 fully saturated rings. The molecule has 1 aromatic carbocycles. The van der Waals surface area contributed by atoms with E-state index in [1.807, 2.05) is 18.7 Å². The predicted octanol–water partition coefficient (Wildman–Crippen LogP) is 3.98. The van der Waals surface area contributed by atoms with Crippen molar-refractivity contribution in [2.45, 2.75) is 63.6 Å². The van der Waals surface area contributed by atoms with E-state index in [0.29, 0.717) is 38.4 Å². The quantitative estimate of drug-likeness (QED) is 0.675. The predicted molar refractivity (Wildman–Crippen MR) is 120 cm³/mol. The fourth-order valence-electron chi connectivity index (χ4n) is 4.30. The Labute approximate surface area is 189 Å². The van der Waals surface area contributed by atoms with Gasteiger partial charge in [-0.25, -0.2) is 8.42 Å². The Morgan fingerprint density at radius 1 is 1.20 bits per heavy atom. The van der Waals surface area contributed by atoms with Gasteiger partial charge in [-0.1, -0.05) is 63.4 Å². The molecule has 3 rings (SSSR count). The molecule has 9 heteroatoms. The maximum absolute atomic E-state index is 13.2. The summed E-state index contributed by atoms with van der Waals surface area (Å²) in [6.45, 7) is 9.64. The van der Waals surface area contributed by atoms with Gasteiger partial charge in [0, 0.05) is 19.6 Å². The van der Waals surface area contributed by atoms with E-state index in [1.165, 1.54) is 10.4 Å². The first-order valence-corrected chi connectivity index (χ1v) is 12.8. The summed E-state index contributed by atoms with van der Waals surface area (Å²) in [5.74, 6) is 0.674. The van der Waals surface area contributed by atoms with Crippen LogP contribution in [0.1, 0.15) is 47.0 Å². The summed E-state index contributed by atoms with van der Waals surface area (Å²) in [6.07, 6.45) is 2.06. The lowest BCUT2D eigenvalue weighted by molar-refractivity contribution is -0.134. The van der Waals surface area contributed by atoms with Crippen molar-refractivity contribution in [3.05, 3.63) is 28.2 Å². The Kier molecular flexibility index (Phi) is 7.09. The summed E-state index contributed by atoms with van der Waals surface area (Å²) in [4.78, 5) is 15.2. The molecule has 2 saturated heterocycles. The molecule has 2 atom stereocenters. The molecule has 0 radical (unpaired) electrons. The normalized spacial score (nSPS) is 23.5. The van der Waals surface area contributed by atoms with Crippen LogP contribution in [0.2, 0.25) is 10.0 Å². The van der Waals surface area contributed by atoms with E-state index in [-0.39, 0.29) is 32.8 Å². The number of rotatable bonds is 6. The summed E-state index contributed by atoms with van der Waals surface area (Å²) in [6, 6.07) is 4.40. The summed E-state index contributed by atoms with van der Waals surface area (Å²) < 4.78 is 27.8. The van der Waals surface area contributed by atoms with Gasteiger partial charge in [-0.3, -0.25) is 10.1 Å². The first-order chi connectivity index (χ1) is 14.0. The number of halogens is 2. The van der Waals surface area contributed by atoms with Crippen LogP contribution in [0.15, 0.2) is 23.1 Å². The van der Waals surface area contributed by atoms with Gasteiger partial charge in [0.1, 0.15) is 4.90 Å². The number of piperidine rings is 1. The SMILES string of the molecule is CC[C@H](C)CN1C(=O)[C@@H](C(C)C)NC12CCN(S(=O)(=O)c1cccc(Cl)c1Cl)CC2. The highest BCUT2D eigenvalue weighted by Crippen LogP contribution is 2.38. The van der Waals surface area contributed by atoms with Gasteiger partial charge in [0.2, 0.25) is 15.9 Å². The average molecular weight is 476 g/mol. The molecule has 30 heavy (non-hydrogen) atoms. The van der Waals surface area contributed by atoms with E-state index in [1.54, 1.807) is 12.1 Å². The first kappa shape index (κ1) is 23.8. The minimum atomic E-state index is -3.76. The molecule has 1 N–H and O–H groups in total. The number of benzene rings is 1. The number of hydrogen-bond donors (Lipinski definition) is 1. The molecule has 1 amide bonds. The maximum Gasteiger partial charge on any atom is 0.244 e. The van der Waals surface area contributed by atoms with Crippen LogP contribution in [-0.2, 0) is 14.8 Å². The molecule has 2 aliphatic heterocycles. The summed E-state index contributed by atoms with van der Waals surface area (Å²) in [5.41, 5.74) is -0.500. The van der Waals surface area contributed by atoms with Crippen molar-refractivity contribution in [1.82, 2.24) is 14.5 Å². The van der Waals surface area contributed by atoms with E-state index in [0.717, 1.165) is 6.42 Å². The number of carbonyl (C=O) groups excluding carboxylic acids is 1. The van der Waals surface area contributed by atoms with Crippen LogP contribution in [0.5, 0.6) is 0 Å².